The molecule has 4 fully saturated rings. The van der Waals surface area contributed by atoms with E-state index in [0.29, 0.717) is 11.2 Å². The highest BCUT2D eigenvalue weighted by atomic mass is 32.2. The first-order valence-electron chi connectivity index (χ1n) is 11.7. The van der Waals surface area contributed by atoms with Gasteiger partial charge in [-0.25, -0.2) is 8.42 Å². The van der Waals surface area contributed by atoms with Crippen molar-refractivity contribution in [1.29, 1.82) is 0 Å². The summed E-state index contributed by atoms with van der Waals surface area (Å²) in [4.78, 5) is 15.7. The molecule has 4 aliphatic rings. The Balaban J connectivity index is 1.49. The first kappa shape index (κ1) is 20.8. The second kappa shape index (κ2) is 7.13. The highest BCUT2D eigenvalue weighted by Gasteiger charge is 2.52. The Labute approximate surface area is 193 Å². The van der Waals surface area contributed by atoms with Crippen LogP contribution in [0.2, 0.25) is 0 Å². The van der Waals surface area contributed by atoms with Gasteiger partial charge in [0.2, 0.25) is 10.0 Å². The minimum Gasteiger partial charge on any atom is -0.487 e. The SMILES string of the molecule is Cn1cc(-c2cc(NS(C)(=O)=O)ccc2OC23CC4CC(CC(C4)C2)C3)c2cc[nH]c2c1=O. The fourth-order valence-corrected chi connectivity index (χ4v) is 7.54. The van der Waals surface area contributed by atoms with Crippen molar-refractivity contribution in [3.8, 4) is 16.9 Å². The number of aryl methyl sites for hydroxylation is 1. The molecule has 0 unspecified atom stereocenters. The van der Waals surface area contributed by atoms with Crippen molar-refractivity contribution >= 4 is 26.6 Å². The molecule has 0 radical (unpaired) electrons. The van der Waals surface area contributed by atoms with Gasteiger partial charge in [-0.15, -0.1) is 0 Å². The zero-order valence-corrected chi connectivity index (χ0v) is 19.7. The zero-order chi connectivity index (χ0) is 23.0. The molecule has 0 saturated heterocycles. The molecule has 8 heteroatoms. The fraction of sp³-hybridized carbons (Fsp3) is 0.480. The van der Waals surface area contributed by atoms with E-state index in [1.807, 2.05) is 24.4 Å². The van der Waals surface area contributed by atoms with Crippen molar-refractivity contribution in [3.63, 3.8) is 0 Å². The molecule has 4 saturated carbocycles. The lowest BCUT2D eigenvalue weighted by Gasteiger charge is -2.56. The molecule has 33 heavy (non-hydrogen) atoms. The summed E-state index contributed by atoms with van der Waals surface area (Å²) in [7, 11) is -1.70. The van der Waals surface area contributed by atoms with Crippen LogP contribution in [-0.4, -0.2) is 29.8 Å². The Morgan fingerprint density at radius 1 is 1.06 bits per heavy atom. The molecular formula is C25H29N3O4S. The van der Waals surface area contributed by atoms with Crippen LogP contribution in [0, 0.1) is 17.8 Å². The third kappa shape index (κ3) is 3.64. The highest BCUT2D eigenvalue weighted by Crippen LogP contribution is 2.57. The Kier molecular flexibility index (Phi) is 4.50. The van der Waals surface area contributed by atoms with Crippen molar-refractivity contribution in [1.82, 2.24) is 9.55 Å². The number of anilines is 1. The van der Waals surface area contributed by atoms with Crippen LogP contribution in [0.25, 0.3) is 22.0 Å². The summed E-state index contributed by atoms with van der Waals surface area (Å²) in [6.45, 7) is 0. The highest BCUT2D eigenvalue weighted by molar-refractivity contribution is 7.92. The van der Waals surface area contributed by atoms with Gasteiger partial charge in [0.15, 0.2) is 0 Å². The van der Waals surface area contributed by atoms with E-state index in [1.165, 1.54) is 19.3 Å². The predicted octanol–water partition coefficient (Wildman–Crippen LogP) is 4.25. The monoisotopic (exact) mass is 467 g/mol. The maximum atomic E-state index is 12.6. The number of ether oxygens (including phenoxy) is 1. The molecule has 4 aliphatic carbocycles. The van der Waals surface area contributed by atoms with Gasteiger partial charge in [0.05, 0.1) is 6.26 Å². The summed E-state index contributed by atoms with van der Waals surface area (Å²) in [6.07, 6.45) is 12.0. The number of pyridine rings is 1. The average Bonchev–Trinajstić information content (AvgIpc) is 3.20. The second-order valence-corrected chi connectivity index (χ2v) is 12.3. The quantitative estimate of drug-likeness (QED) is 0.587. The molecule has 7 nitrogen and oxygen atoms in total. The lowest BCUT2D eigenvalue weighted by Crippen LogP contribution is -2.53. The van der Waals surface area contributed by atoms with Gasteiger partial charge in [-0.1, -0.05) is 0 Å². The average molecular weight is 468 g/mol. The molecule has 174 valence electrons. The van der Waals surface area contributed by atoms with Gasteiger partial charge in [0.1, 0.15) is 16.9 Å². The molecule has 0 atom stereocenters. The van der Waals surface area contributed by atoms with Crippen molar-refractivity contribution in [3.05, 3.63) is 47.0 Å². The number of aromatic nitrogens is 2. The minimum atomic E-state index is -3.43. The smallest absolute Gasteiger partial charge is 0.274 e. The normalized spacial score (nSPS) is 28.4. The van der Waals surface area contributed by atoms with E-state index >= 15 is 0 Å². The van der Waals surface area contributed by atoms with E-state index in [-0.39, 0.29) is 11.2 Å². The number of nitrogens with one attached hydrogen (secondary N) is 2. The number of fused-ring (bicyclic) bond motifs is 1. The number of hydrogen-bond donors (Lipinski definition) is 2. The van der Waals surface area contributed by atoms with Gasteiger partial charge in [0, 0.05) is 41.6 Å². The Morgan fingerprint density at radius 3 is 2.36 bits per heavy atom. The predicted molar refractivity (Wildman–Crippen MR) is 129 cm³/mol. The number of aromatic amines is 1. The fourth-order valence-electron chi connectivity index (χ4n) is 6.98. The molecule has 1 aromatic carbocycles. The summed E-state index contributed by atoms with van der Waals surface area (Å²) >= 11 is 0. The van der Waals surface area contributed by atoms with Crippen LogP contribution in [0.3, 0.4) is 0 Å². The van der Waals surface area contributed by atoms with Crippen LogP contribution < -0.4 is 15.0 Å². The lowest BCUT2D eigenvalue weighted by atomic mass is 9.54. The lowest BCUT2D eigenvalue weighted by molar-refractivity contribution is -0.107. The summed E-state index contributed by atoms with van der Waals surface area (Å²) in [5.74, 6) is 3.00. The number of hydrogen-bond acceptors (Lipinski definition) is 4. The first-order chi connectivity index (χ1) is 15.7. The maximum absolute atomic E-state index is 12.6. The van der Waals surface area contributed by atoms with Gasteiger partial charge in [-0.3, -0.25) is 9.52 Å². The number of nitrogens with zero attached hydrogens (tertiary/aromatic N) is 1. The number of H-pyrrole nitrogens is 1. The summed E-state index contributed by atoms with van der Waals surface area (Å²) in [6, 6.07) is 7.35. The van der Waals surface area contributed by atoms with Gasteiger partial charge >= 0.3 is 0 Å². The summed E-state index contributed by atoms with van der Waals surface area (Å²) in [5, 5.41) is 0.796. The molecule has 4 bridgehead atoms. The standard InChI is InChI=1S/C25H29N3O4S/c1-28-14-21(19-5-6-26-23(19)24(28)29)20-10-18(27-33(2,30)31)3-4-22(20)32-25-11-15-7-16(12-25)9-17(8-15)13-25/h3-6,10,14-17,26-27H,7-9,11-13H2,1-2H3. The number of rotatable bonds is 5. The van der Waals surface area contributed by atoms with Crippen LogP contribution >= 0.6 is 0 Å². The van der Waals surface area contributed by atoms with Crippen LogP contribution in [0.15, 0.2) is 41.5 Å². The Hall–Kier alpha value is -2.74. The van der Waals surface area contributed by atoms with Gasteiger partial charge in [-0.2, -0.15) is 0 Å². The molecule has 7 rings (SSSR count). The molecule has 2 N–H and O–H groups in total. The van der Waals surface area contributed by atoms with Crippen molar-refractivity contribution in [2.24, 2.45) is 24.8 Å². The van der Waals surface area contributed by atoms with E-state index in [9.17, 15) is 13.2 Å². The zero-order valence-electron chi connectivity index (χ0n) is 18.9. The maximum Gasteiger partial charge on any atom is 0.274 e. The van der Waals surface area contributed by atoms with Crippen molar-refractivity contribution < 1.29 is 13.2 Å². The van der Waals surface area contributed by atoms with Crippen molar-refractivity contribution in [2.45, 2.75) is 44.1 Å². The third-order valence-electron chi connectivity index (χ3n) is 7.78. The molecule has 0 amide bonds. The Bertz CT molecular complexity index is 1380. The molecule has 2 heterocycles. The summed E-state index contributed by atoms with van der Waals surface area (Å²) < 4.78 is 34.9. The van der Waals surface area contributed by atoms with Crippen LogP contribution in [0.4, 0.5) is 5.69 Å². The van der Waals surface area contributed by atoms with E-state index in [0.717, 1.165) is 65.5 Å². The van der Waals surface area contributed by atoms with Crippen molar-refractivity contribution in [2.75, 3.05) is 11.0 Å². The third-order valence-corrected chi connectivity index (χ3v) is 8.38. The van der Waals surface area contributed by atoms with Crippen LogP contribution in [0.1, 0.15) is 38.5 Å². The second-order valence-electron chi connectivity index (χ2n) is 10.5. The number of sulfonamides is 1. The topological polar surface area (TPSA) is 93.2 Å². The molecule has 0 spiro atoms. The van der Waals surface area contributed by atoms with E-state index in [4.69, 9.17) is 4.74 Å². The van der Waals surface area contributed by atoms with Crippen LogP contribution in [0.5, 0.6) is 5.75 Å². The molecular weight excluding hydrogens is 438 g/mol. The minimum absolute atomic E-state index is 0.104. The number of benzene rings is 1. The molecule has 2 aromatic heterocycles. The summed E-state index contributed by atoms with van der Waals surface area (Å²) in [5.41, 5.74) is 2.38. The molecule has 0 aliphatic heterocycles. The largest absolute Gasteiger partial charge is 0.487 e. The van der Waals surface area contributed by atoms with Gasteiger partial charge in [-0.05, 0) is 80.5 Å². The Morgan fingerprint density at radius 2 is 1.73 bits per heavy atom. The van der Waals surface area contributed by atoms with Crippen LogP contribution in [-0.2, 0) is 17.1 Å². The van der Waals surface area contributed by atoms with E-state index in [1.54, 1.807) is 23.9 Å². The van der Waals surface area contributed by atoms with Gasteiger partial charge < -0.3 is 14.3 Å². The van der Waals surface area contributed by atoms with E-state index in [2.05, 4.69) is 9.71 Å². The first-order valence-corrected chi connectivity index (χ1v) is 13.6. The van der Waals surface area contributed by atoms with Gasteiger partial charge in [0.25, 0.3) is 5.56 Å². The van der Waals surface area contributed by atoms with E-state index < -0.39 is 10.0 Å². The molecule has 3 aromatic rings.